The first-order valence-corrected chi connectivity index (χ1v) is 8.93. The maximum absolute atomic E-state index is 2.43. The van der Waals surface area contributed by atoms with Crippen LogP contribution in [0.3, 0.4) is 0 Å². The van der Waals surface area contributed by atoms with Gasteiger partial charge in [-0.25, -0.2) is 0 Å². The Hall–Kier alpha value is -1.64. The molecule has 2 aromatic carbocycles. The van der Waals surface area contributed by atoms with Crippen LogP contribution in [0, 0.1) is 13.8 Å². The second-order valence-electron chi connectivity index (χ2n) is 6.61. The van der Waals surface area contributed by atoms with Crippen LogP contribution < -0.4 is 0 Å². The molecule has 0 atom stereocenters. The van der Waals surface area contributed by atoms with Crippen LogP contribution in [0.1, 0.15) is 36.1 Å². The van der Waals surface area contributed by atoms with E-state index < -0.39 is 0 Å². The van der Waals surface area contributed by atoms with E-state index in [0.717, 1.165) is 26.2 Å². The van der Waals surface area contributed by atoms with E-state index in [9.17, 15) is 0 Å². The predicted octanol–water partition coefficient (Wildman–Crippen LogP) is 4.89. The van der Waals surface area contributed by atoms with Crippen LogP contribution >= 0.6 is 0 Å². The molecule has 132 valence electrons. The fourth-order valence-corrected chi connectivity index (χ4v) is 2.65. The zero-order valence-corrected chi connectivity index (χ0v) is 16.3. The smallest absolute Gasteiger partial charge is 0.0236 e. The molecule has 2 rings (SSSR count). The summed E-state index contributed by atoms with van der Waals surface area (Å²) in [6, 6.07) is 17.2. The minimum absolute atomic E-state index is 1.03. The second kappa shape index (κ2) is 11.0. The third kappa shape index (κ3) is 7.76. The average Bonchev–Trinajstić information content (AvgIpc) is 2.54. The average molecular weight is 327 g/mol. The molecule has 0 saturated heterocycles. The fourth-order valence-electron chi connectivity index (χ4n) is 2.65. The second-order valence-corrected chi connectivity index (χ2v) is 6.61. The molecule has 0 aliphatic carbocycles. The van der Waals surface area contributed by atoms with Gasteiger partial charge in [-0.15, -0.1) is 0 Å². The van der Waals surface area contributed by atoms with Crippen LogP contribution in [0.2, 0.25) is 0 Å². The van der Waals surface area contributed by atoms with E-state index in [2.05, 4.69) is 100 Å². The summed E-state index contributed by atoms with van der Waals surface area (Å²) < 4.78 is 0. The van der Waals surface area contributed by atoms with Gasteiger partial charge in [-0.2, -0.15) is 0 Å². The first-order chi connectivity index (χ1) is 11.5. The van der Waals surface area contributed by atoms with Gasteiger partial charge in [0.25, 0.3) is 0 Å². The van der Waals surface area contributed by atoms with E-state index in [0.29, 0.717) is 0 Å². The van der Waals surface area contributed by atoms with E-state index >= 15 is 0 Å². The Kier molecular flexibility index (Phi) is 9.36. The molecule has 0 aliphatic rings. The predicted molar refractivity (Wildman–Crippen MR) is 106 cm³/mol. The molecular weight excluding hydrogens is 292 g/mol. The lowest BCUT2D eigenvalue weighted by atomic mass is 10.1. The monoisotopic (exact) mass is 326 g/mol. The highest BCUT2D eigenvalue weighted by Gasteiger charge is 2.02. The molecule has 0 spiro atoms. The topological polar surface area (TPSA) is 6.48 Å². The van der Waals surface area contributed by atoms with Crippen molar-refractivity contribution in [1.29, 1.82) is 0 Å². The minimum atomic E-state index is 1.03. The van der Waals surface area contributed by atoms with Gasteiger partial charge >= 0.3 is 0 Å². The summed E-state index contributed by atoms with van der Waals surface area (Å²) in [7, 11) is 4.17. The van der Waals surface area contributed by atoms with Crippen LogP contribution in [-0.2, 0) is 13.1 Å². The van der Waals surface area contributed by atoms with Gasteiger partial charge in [0, 0.05) is 13.1 Å². The molecule has 2 heteroatoms. The lowest BCUT2D eigenvalue weighted by molar-refractivity contribution is 0.295. The Morgan fingerprint density at radius 2 is 1.46 bits per heavy atom. The number of hydrogen-bond acceptors (Lipinski definition) is 2. The van der Waals surface area contributed by atoms with E-state index in [1.54, 1.807) is 0 Å². The van der Waals surface area contributed by atoms with Crippen molar-refractivity contribution in [3.63, 3.8) is 0 Å². The Bertz CT molecular complexity index is 586. The Morgan fingerprint density at radius 1 is 0.792 bits per heavy atom. The normalized spacial score (nSPS) is 10.7. The summed E-state index contributed by atoms with van der Waals surface area (Å²) in [5, 5.41) is 0. The van der Waals surface area contributed by atoms with Gasteiger partial charge in [0.1, 0.15) is 0 Å². The van der Waals surface area contributed by atoms with E-state index in [1.165, 1.54) is 22.3 Å². The van der Waals surface area contributed by atoms with Crippen LogP contribution in [-0.4, -0.2) is 37.0 Å². The van der Waals surface area contributed by atoms with Crippen LogP contribution in [0.4, 0.5) is 0 Å². The van der Waals surface area contributed by atoms with Gasteiger partial charge in [-0.1, -0.05) is 67.9 Å². The molecule has 2 aromatic rings. The number of aryl methyl sites for hydroxylation is 2. The molecule has 0 unspecified atom stereocenters. The van der Waals surface area contributed by atoms with Crippen molar-refractivity contribution >= 4 is 0 Å². The van der Waals surface area contributed by atoms with Gasteiger partial charge < -0.3 is 4.90 Å². The van der Waals surface area contributed by atoms with E-state index in [1.807, 2.05) is 0 Å². The molecule has 24 heavy (non-hydrogen) atoms. The third-order valence-corrected chi connectivity index (χ3v) is 4.13. The third-order valence-electron chi connectivity index (χ3n) is 4.13. The number of hydrogen-bond donors (Lipinski definition) is 0. The zero-order valence-electron chi connectivity index (χ0n) is 16.3. The van der Waals surface area contributed by atoms with Crippen LogP contribution in [0.25, 0.3) is 0 Å². The minimum Gasteiger partial charge on any atom is -0.305 e. The van der Waals surface area contributed by atoms with Gasteiger partial charge in [0.2, 0.25) is 0 Å². The highest BCUT2D eigenvalue weighted by atomic mass is 15.1. The largest absolute Gasteiger partial charge is 0.305 e. The molecule has 0 fully saturated rings. The van der Waals surface area contributed by atoms with Crippen molar-refractivity contribution in [2.45, 2.75) is 40.8 Å². The quantitative estimate of drug-likeness (QED) is 0.745. The SMILES string of the molecule is CCN(CC)Cc1ccccc1C.Cc1cccc(CN(C)C)c1. The lowest BCUT2D eigenvalue weighted by Crippen LogP contribution is -2.22. The van der Waals surface area contributed by atoms with Crippen molar-refractivity contribution in [3.8, 4) is 0 Å². The number of benzene rings is 2. The zero-order chi connectivity index (χ0) is 17.9. The van der Waals surface area contributed by atoms with Gasteiger partial charge in [0.15, 0.2) is 0 Å². The van der Waals surface area contributed by atoms with Crippen LogP contribution in [0.15, 0.2) is 48.5 Å². The Labute approximate surface area is 149 Å². The first-order valence-electron chi connectivity index (χ1n) is 8.93. The summed E-state index contributed by atoms with van der Waals surface area (Å²) >= 11 is 0. The van der Waals surface area contributed by atoms with Crippen molar-refractivity contribution < 1.29 is 0 Å². The van der Waals surface area contributed by atoms with Gasteiger partial charge in [0.05, 0.1) is 0 Å². The molecule has 0 heterocycles. The summed E-state index contributed by atoms with van der Waals surface area (Å²) in [5.74, 6) is 0. The number of rotatable bonds is 6. The molecule has 0 radical (unpaired) electrons. The molecule has 0 bridgehead atoms. The highest BCUT2D eigenvalue weighted by Crippen LogP contribution is 2.09. The fraction of sp³-hybridized carbons (Fsp3) is 0.455. The Balaban J connectivity index is 0.000000243. The lowest BCUT2D eigenvalue weighted by Gasteiger charge is -2.19. The maximum atomic E-state index is 2.43. The first kappa shape index (κ1) is 20.4. The van der Waals surface area contributed by atoms with Crippen molar-refractivity contribution in [2.24, 2.45) is 0 Å². The molecular formula is C22H34N2. The standard InChI is InChI=1S/C12H19N.C10H15N/c1-4-13(5-2)10-12-9-7-6-8-11(12)3;1-9-5-4-6-10(7-9)8-11(2)3/h6-9H,4-5,10H2,1-3H3;4-7H,8H2,1-3H3. The highest BCUT2D eigenvalue weighted by molar-refractivity contribution is 5.25. The summed E-state index contributed by atoms with van der Waals surface area (Å²) in [6.45, 7) is 13.1. The molecule has 2 nitrogen and oxygen atoms in total. The number of nitrogens with zero attached hydrogens (tertiary/aromatic N) is 2. The van der Waals surface area contributed by atoms with Crippen LogP contribution in [0.5, 0.6) is 0 Å². The Morgan fingerprint density at radius 3 is 2.00 bits per heavy atom. The molecule has 0 aromatic heterocycles. The van der Waals surface area contributed by atoms with Crippen molar-refractivity contribution in [1.82, 2.24) is 9.80 Å². The molecule has 0 saturated carbocycles. The maximum Gasteiger partial charge on any atom is 0.0236 e. The molecule has 0 N–H and O–H groups in total. The summed E-state index contributed by atoms with van der Waals surface area (Å²) in [4.78, 5) is 4.61. The van der Waals surface area contributed by atoms with E-state index in [4.69, 9.17) is 0 Å². The van der Waals surface area contributed by atoms with Crippen molar-refractivity contribution in [2.75, 3.05) is 27.2 Å². The summed E-state index contributed by atoms with van der Waals surface area (Å²) in [5.41, 5.74) is 5.57. The van der Waals surface area contributed by atoms with Gasteiger partial charge in [-0.05, 0) is 57.7 Å². The van der Waals surface area contributed by atoms with Crippen molar-refractivity contribution in [3.05, 3.63) is 70.8 Å². The van der Waals surface area contributed by atoms with E-state index in [-0.39, 0.29) is 0 Å². The molecule has 0 aliphatic heterocycles. The summed E-state index contributed by atoms with van der Waals surface area (Å²) in [6.07, 6.45) is 0. The molecule has 0 amide bonds. The van der Waals surface area contributed by atoms with Gasteiger partial charge in [-0.3, -0.25) is 4.90 Å².